The summed E-state index contributed by atoms with van der Waals surface area (Å²) in [6.45, 7) is 0. The van der Waals surface area contributed by atoms with Gasteiger partial charge in [0, 0.05) is 49.9 Å². The molecule has 0 aliphatic carbocycles. The lowest BCUT2D eigenvalue weighted by atomic mass is 9.77. The van der Waals surface area contributed by atoms with E-state index in [1.807, 2.05) is 54.6 Å². The number of hydrogen-bond donors (Lipinski definition) is 0. The first-order valence-corrected chi connectivity index (χ1v) is 15.7. The van der Waals surface area contributed by atoms with E-state index in [0.717, 1.165) is 16.2 Å². The quantitative estimate of drug-likeness (QED) is 0.126. The van der Waals surface area contributed by atoms with Crippen LogP contribution >= 0.6 is 0 Å². The zero-order chi connectivity index (χ0) is 32.8. The Morgan fingerprint density at radius 3 is 1.27 bits per heavy atom. The van der Waals surface area contributed by atoms with Crippen molar-refractivity contribution in [2.24, 2.45) is 0 Å². The van der Waals surface area contributed by atoms with Gasteiger partial charge >= 0.3 is 0 Å². The third-order valence-corrected chi connectivity index (χ3v) is 8.99. The Hall–Kier alpha value is -6.52. The fraction of sp³-hybridized carbons (Fsp3) is 0. The van der Waals surface area contributed by atoms with E-state index in [1.54, 1.807) is 103 Å². The van der Waals surface area contributed by atoms with Crippen molar-refractivity contribution in [3.63, 3.8) is 0 Å². The summed E-state index contributed by atoms with van der Waals surface area (Å²) in [6, 6.07) is 46.5. The molecule has 8 aromatic rings. The molecule has 0 saturated heterocycles. The van der Waals surface area contributed by atoms with Gasteiger partial charge in [-0.3, -0.25) is 19.2 Å². The smallest absolute Gasteiger partial charge is 0.194 e. The maximum atomic E-state index is 15.0. The van der Waals surface area contributed by atoms with Gasteiger partial charge in [-0.1, -0.05) is 152 Å². The van der Waals surface area contributed by atoms with Gasteiger partial charge in [-0.05, 0) is 33.0 Å². The third kappa shape index (κ3) is 4.62. The van der Waals surface area contributed by atoms with E-state index in [4.69, 9.17) is 0 Å². The Kier molecular flexibility index (Phi) is 7.04. The van der Waals surface area contributed by atoms with Crippen LogP contribution in [0.2, 0.25) is 0 Å². The number of carbonyl (C=O) groups excluding carboxylic acids is 4. The summed E-state index contributed by atoms with van der Waals surface area (Å²) in [5.41, 5.74) is 1.94. The lowest BCUT2D eigenvalue weighted by molar-refractivity contribution is 0.0992. The fourth-order valence-corrected chi connectivity index (χ4v) is 6.82. The van der Waals surface area contributed by atoms with Crippen LogP contribution in [0.1, 0.15) is 63.7 Å². The van der Waals surface area contributed by atoms with Crippen LogP contribution in [0.4, 0.5) is 0 Å². The molecular formula is C44H26O4. The summed E-state index contributed by atoms with van der Waals surface area (Å²) in [4.78, 5) is 59.2. The molecule has 0 unspecified atom stereocenters. The highest BCUT2D eigenvalue weighted by Gasteiger charge is 2.34. The molecule has 0 amide bonds. The summed E-state index contributed by atoms with van der Waals surface area (Å²) in [5.74, 6) is -1.59. The standard InChI is InChI=1S/C44H26O4/c45-41(28-14-5-1-6-15-28)34-26-32-23-13-22-27-24-25-33-36(35(27)32)37(34)39(43(47)30-18-9-3-10-19-30)40(44(48)31-20-11-4-12-21-31)38(33)42(46)29-16-7-2-8-17-29/h1-26H. The van der Waals surface area contributed by atoms with Crippen molar-refractivity contribution >= 4 is 55.5 Å². The SMILES string of the molecule is O=C(c1ccccc1)c1c(C(=O)c2ccccc2)c2ccc3cccc4cc(C(=O)c5ccccc5)c(c1C(=O)c1ccccc1)c2c34. The Labute approximate surface area is 276 Å². The van der Waals surface area contributed by atoms with Gasteiger partial charge in [0.1, 0.15) is 0 Å². The summed E-state index contributed by atoms with van der Waals surface area (Å²) < 4.78 is 0. The van der Waals surface area contributed by atoms with E-state index in [-0.39, 0.29) is 33.8 Å². The lowest BCUT2D eigenvalue weighted by Crippen LogP contribution is -2.20. The molecular weight excluding hydrogens is 592 g/mol. The van der Waals surface area contributed by atoms with Gasteiger partial charge in [-0.15, -0.1) is 0 Å². The largest absolute Gasteiger partial charge is 0.289 e. The number of benzene rings is 8. The van der Waals surface area contributed by atoms with Crippen molar-refractivity contribution in [2.75, 3.05) is 0 Å². The topological polar surface area (TPSA) is 68.3 Å². The van der Waals surface area contributed by atoms with Crippen LogP contribution < -0.4 is 0 Å². The molecule has 8 rings (SSSR count). The van der Waals surface area contributed by atoms with Crippen LogP contribution in [0.5, 0.6) is 0 Å². The predicted octanol–water partition coefficient (Wildman–Crippen LogP) is 9.51. The normalized spacial score (nSPS) is 11.2. The molecule has 0 aliphatic heterocycles. The van der Waals surface area contributed by atoms with Gasteiger partial charge in [0.15, 0.2) is 23.1 Å². The molecule has 4 heteroatoms. The molecule has 0 heterocycles. The van der Waals surface area contributed by atoms with E-state index in [0.29, 0.717) is 38.4 Å². The van der Waals surface area contributed by atoms with Crippen LogP contribution in [0, 0.1) is 0 Å². The summed E-state index contributed by atoms with van der Waals surface area (Å²) in [7, 11) is 0. The van der Waals surface area contributed by atoms with Crippen molar-refractivity contribution < 1.29 is 19.2 Å². The Bertz CT molecular complexity index is 2540. The first-order chi connectivity index (χ1) is 23.5. The first-order valence-electron chi connectivity index (χ1n) is 15.7. The van der Waals surface area contributed by atoms with Crippen LogP contribution in [-0.2, 0) is 0 Å². The van der Waals surface area contributed by atoms with Gasteiger partial charge in [-0.2, -0.15) is 0 Å². The number of hydrogen-bond acceptors (Lipinski definition) is 4. The van der Waals surface area contributed by atoms with E-state index in [9.17, 15) is 19.2 Å². The van der Waals surface area contributed by atoms with Crippen molar-refractivity contribution in [3.8, 4) is 0 Å². The lowest BCUT2D eigenvalue weighted by Gasteiger charge is -2.23. The third-order valence-electron chi connectivity index (χ3n) is 8.99. The van der Waals surface area contributed by atoms with Crippen molar-refractivity contribution in [1.29, 1.82) is 0 Å². The van der Waals surface area contributed by atoms with E-state index < -0.39 is 11.6 Å². The van der Waals surface area contributed by atoms with Crippen molar-refractivity contribution in [1.82, 2.24) is 0 Å². The zero-order valence-electron chi connectivity index (χ0n) is 25.6. The minimum absolute atomic E-state index is 0.0168. The molecule has 226 valence electrons. The minimum Gasteiger partial charge on any atom is -0.289 e. The van der Waals surface area contributed by atoms with Gasteiger partial charge < -0.3 is 0 Å². The van der Waals surface area contributed by atoms with E-state index in [1.165, 1.54) is 0 Å². The molecule has 0 saturated carbocycles. The second-order valence-corrected chi connectivity index (χ2v) is 11.8. The molecule has 48 heavy (non-hydrogen) atoms. The first kappa shape index (κ1) is 28.9. The molecule has 0 bridgehead atoms. The molecule has 0 N–H and O–H groups in total. The Morgan fingerprint density at radius 2 is 0.750 bits per heavy atom. The van der Waals surface area contributed by atoms with Crippen LogP contribution in [0.3, 0.4) is 0 Å². The molecule has 0 fully saturated rings. The molecule has 0 aromatic heterocycles. The maximum absolute atomic E-state index is 15.0. The summed E-state index contributed by atoms with van der Waals surface area (Å²) in [6.07, 6.45) is 0. The molecule has 0 spiro atoms. The Balaban J connectivity index is 1.63. The van der Waals surface area contributed by atoms with Gasteiger partial charge in [0.05, 0.1) is 0 Å². The highest BCUT2D eigenvalue weighted by molar-refractivity contribution is 6.40. The molecule has 0 radical (unpaired) electrons. The van der Waals surface area contributed by atoms with E-state index in [2.05, 4.69) is 0 Å². The van der Waals surface area contributed by atoms with Crippen LogP contribution in [0.25, 0.3) is 32.3 Å². The van der Waals surface area contributed by atoms with Crippen molar-refractivity contribution in [2.45, 2.75) is 0 Å². The van der Waals surface area contributed by atoms with Gasteiger partial charge in [-0.25, -0.2) is 0 Å². The van der Waals surface area contributed by atoms with Crippen LogP contribution in [0.15, 0.2) is 158 Å². The Morgan fingerprint density at radius 1 is 0.312 bits per heavy atom. The maximum Gasteiger partial charge on any atom is 0.194 e. The van der Waals surface area contributed by atoms with Gasteiger partial charge in [0.25, 0.3) is 0 Å². The highest BCUT2D eigenvalue weighted by atomic mass is 16.1. The van der Waals surface area contributed by atoms with Gasteiger partial charge in [0.2, 0.25) is 0 Å². The summed E-state index contributed by atoms with van der Waals surface area (Å²) in [5, 5.41) is 3.98. The average Bonchev–Trinajstić information content (AvgIpc) is 3.16. The molecule has 0 atom stereocenters. The monoisotopic (exact) mass is 618 g/mol. The van der Waals surface area contributed by atoms with Crippen molar-refractivity contribution in [3.05, 3.63) is 202 Å². The number of ketones is 4. The zero-order valence-corrected chi connectivity index (χ0v) is 25.6. The highest BCUT2D eigenvalue weighted by Crippen LogP contribution is 2.44. The molecule has 4 nitrogen and oxygen atoms in total. The fourth-order valence-electron chi connectivity index (χ4n) is 6.82. The second-order valence-electron chi connectivity index (χ2n) is 11.8. The second kappa shape index (κ2) is 11.7. The number of carbonyl (C=O) groups is 4. The summed E-state index contributed by atoms with van der Waals surface area (Å²) >= 11 is 0. The van der Waals surface area contributed by atoms with E-state index >= 15 is 0 Å². The molecule has 0 aliphatic rings. The van der Waals surface area contributed by atoms with Crippen LogP contribution in [-0.4, -0.2) is 23.1 Å². The molecule has 8 aromatic carbocycles. The average molecular weight is 619 g/mol. The number of rotatable bonds is 8. The predicted molar refractivity (Wildman–Crippen MR) is 190 cm³/mol. The minimum atomic E-state index is -0.474.